The van der Waals surface area contributed by atoms with Gasteiger partial charge in [0.15, 0.2) is 5.75 Å². The smallest absolute Gasteiger partial charge is 0.296 e. The summed E-state index contributed by atoms with van der Waals surface area (Å²) in [5, 5.41) is 18.2. The maximum absolute atomic E-state index is 11.8. The van der Waals surface area contributed by atoms with Crippen molar-refractivity contribution < 1.29 is 35.8 Å². The third-order valence-electron chi connectivity index (χ3n) is 4.06. The molecule has 0 aliphatic carbocycles. The number of benzene rings is 3. The number of hydrogen-bond donors (Lipinski definition) is 4. The molecule has 3 aromatic rings. The molecule has 0 amide bonds. The number of rotatable bonds is 5. The summed E-state index contributed by atoms with van der Waals surface area (Å²) in [6, 6.07) is 8.74. The van der Waals surface area contributed by atoms with E-state index in [1.165, 1.54) is 31.4 Å². The number of nitrogens with zero attached hydrogens (tertiary/aromatic N) is 2. The quantitative estimate of drug-likeness (QED) is 0.177. The van der Waals surface area contributed by atoms with Crippen molar-refractivity contribution in [2.75, 3.05) is 12.8 Å². The number of phenolic OH excluding ortho intramolecular Hbond substituents is 1. The Labute approximate surface area is 227 Å². The molecule has 0 aliphatic rings. The van der Waals surface area contributed by atoms with Gasteiger partial charge in [0.2, 0.25) is 0 Å². The maximum Gasteiger partial charge on any atom is 0.296 e. The van der Waals surface area contributed by atoms with Gasteiger partial charge in [-0.1, -0.05) is 0 Å². The Kier molecular flexibility index (Phi) is 9.69. The number of phenols is 1. The van der Waals surface area contributed by atoms with Crippen LogP contribution in [0.15, 0.2) is 62.5 Å². The van der Waals surface area contributed by atoms with Crippen molar-refractivity contribution in [2.24, 2.45) is 10.2 Å². The van der Waals surface area contributed by atoms with E-state index < -0.39 is 41.5 Å². The molecule has 0 fully saturated rings. The van der Waals surface area contributed by atoms with E-state index >= 15 is 0 Å². The van der Waals surface area contributed by atoms with Gasteiger partial charge in [-0.15, -0.1) is 10.2 Å². The minimum Gasteiger partial charge on any atom is -0.505 e. The van der Waals surface area contributed by atoms with E-state index in [9.17, 15) is 31.0 Å². The van der Waals surface area contributed by atoms with Gasteiger partial charge in [-0.3, -0.25) is 9.11 Å². The molecule has 0 aliphatic heterocycles. The van der Waals surface area contributed by atoms with Crippen LogP contribution in [0.4, 0.5) is 17.1 Å². The third-order valence-corrected chi connectivity index (χ3v) is 5.81. The second-order valence-electron chi connectivity index (χ2n) is 6.04. The number of azo groups is 1. The van der Waals surface area contributed by atoms with E-state index in [1.54, 1.807) is 0 Å². The zero-order valence-electron chi connectivity index (χ0n) is 17.2. The molecule has 0 atom stereocenters. The predicted molar refractivity (Wildman–Crippen MR) is 118 cm³/mol. The molecular formula is C17H15N3Na2O8S2. The van der Waals surface area contributed by atoms with Crippen LogP contribution in [-0.4, -0.2) is 97.3 Å². The van der Waals surface area contributed by atoms with E-state index in [4.69, 9.17) is 10.5 Å². The average molecular weight is 499 g/mol. The minimum atomic E-state index is -4.86. The Balaban J connectivity index is 0.00000256. The van der Waals surface area contributed by atoms with Crippen LogP contribution in [0.1, 0.15) is 0 Å². The van der Waals surface area contributed by atoms with Crippen molar-refractivity contribution >= 4 is 107 Å². The fraction of sp³-hybridized carbons (Fsp3) is 0.0588. The number of nitrogen functional groups attached to an aromatic ring is 1. The summed E-state index contributed by atoms with van der Waals surface area (Å²) in [6.45, 7) is 0. The van der Waals surface area contributed by atoms with Crippen molar-refractivity contribution in [3.8, 4) is 11.5 Å². The second kappa shape index (κ2) is 10.8. The van der Waals surface area contributed by atoms with Crippen molar-refractivity contribution in [2.45, 2.75) is 9.79 Å². The fourth-order valence-corrected chi connectivity index (χ4v) is 3.97. The largest absolute Gasteiger partial charge is 0.505 e. The van der Waals surface area contributed by atoms with Crippen molar-refractivity contribution in [1.29, 1.82) is 0 Å². The SMILES string of the molecule is COc1ccc(N=Nc2c(S(=O)(=O)O)cc3cc(N)ccc3c2O)c(S(=O)(=O)O)c1.[Na].[Na]. The van der Waals surface area contributed by atoms with E-state index in [2.05, 4.69) is 10.2 Å². The first-order valence-corrected chi connectivity index (χ1v) is 10.9. The third kappa shape index (κ3) is 6.20. The molecule has 0 aromatic heterocycles. The van der Waals surface area contributed by atoms with Gasteiger partial charge in [-0.2, -0.15) is 16.8 Å². The molecule has 3 rings (SSSR count). The normalized spacial score (nSPS) is 11.7. The Morgan fingerprint density at radius 3 is 2.06 bits per heavy atom. The molecular weight excluding hydrogens is 484 g/mol. The predicted octanol–water partition coefficient (Wildman–Crippen LogP) is 2.28. The van der Waals surface area contributed by atoms with Crippen LogP contribution in [0.25, 0.3) is 10.8 Å². The van der Waals surface area contributed by atoms with Crippen LogP contribution >= 0.6 is 0 Å². The number of methoxy groups -OCH3 is 1. The molecule has 0 bridgehead atoms. The van der Waals surface area contributed by atoms with E-state index in [0.29, 0.717) is 0 Å². The number of aromatic hydroxyl groups is 1. The summed E-state index contributed by atoms with van der Waals surface area (Å²) in [4.78, 5) is -1.43. The zero-order valence-corrected chi connectivity index (χ0v) is 22.8. The molecule has 0 heterocycles. The molecule has 3 aromatic carbocycles. The number of nitrogens with two attached hydrogens (primary N) is 1. The van der Waals surface area contributed by atoms with Gasteiger partial charge < -0.3 is 15.6 Å². The number of fused-ring (bicyclic) bond motifs is 1. The number of hydrogen-bond acceptors (Lipinski definition) is 9. The van der Waals surface area contributed by atoms with E-state index in [1.807, 2.05) is 0 Å². The molecule has 0 saturated carbocycles. The first-order valence-electron chi connectivity index (χ1n) is 8.02. The maximum atomic E-state index is 11.8. The number of anilines is 1. The molecule has 2 radical (unpaired) electrons. The topological polar surface area (TPSA) is 189 Å². The first kappa shape index (κ1) is 28.8. The molecule has 0 unspecified atom stereocenters. The Hall–Kier alpha value is -1.26. The van der Waals surface area contributed by atoms with E-state index in [0.717, 1.165) is 18.2 Å². The van der Waals surface area contributed by atoms with Crippen LogP contribution in [0.2, 0.25) is 0 Å². The molecule has 11 nitrogen and oxygen atoms in total. The summed E-state index contributed by atoms with van der Waals surface area (Å²) < 4.78 is 70.8. The standard InChI is InChI=1S/C17H15N3O8S2.2Na/c1-28-11-3-5-13(14(8-11)29(22,23)24)19-20-16-15(30(25,26)27)7-9-6-10(18)2-4-12(9)17(16)21;;/h2-8,21H,18H2,1H3,(H,22,23,24)(H,25,26,27);;. The summed E-state index contributed by atoms with van der Waals surface area (Å²) in [6.07, 6.45) is 0. The molecule has 15 heteroatoms. The van der Waals surface area contributed by atoms with Crippen molar-refractivity contribution in [3.05, 3.63) is 42.5 Å². The minimum absolute atomic E-state index is 0. The summed E-state index contributed by atoms with van der Waals surface area (Å²) in [5.74, 6) is -0.530. The second-order valence-corrected chi connectivity index (χ2v) is 8.82. The van der Waals surface area contributed by atoms with Crippen LogP contribution in [0, 0.1) is 0 Å². The average Bonchev–Trinajstić information content (AvgIpc) is 2.65. The molecule has 0 saturated heterocycles. The molecule has 5 N–H and O–H groups in total. The van der Waals surface area contributed by atoms with Gasteiger partial charge in [0.05, 0.1) is 7.11 Å². The molecule has 160 valence electrons. The zero-order chi connectivity index (χ0) is 22.3. The Morgan fingerprint density at radius 1 is 0.875 bits per heavy atom. The van der Waals surface area contributed by atoms with Gasteiger partial charge in [0, 0.05) is 76.3 Å². The van der Waals surface area contributed by atoms with Gasteiger partial charge in [-0.25, -0.2) is 0 Å². The summed E-state index contributed by atoms with van der Waals surface area (Å²) in [5.41, 5.74) is 4.95. The summed E-state index contributed by atoms with van der Waals surface area (Å²) in [7, 11) is -8.31. The molecule has 32 heavy (non-hydrogen) atoms. The number of ether oxygens (including phenoxy) is 1. The van der Waals surface area contributed by atoms with E-state index in [-0.39, 0.29) is 87.0 Å². The van der Waals surface area contributed by atoms with Crippen molar-refractivity contribution in [1.82, 2.24) is 0 Å². The van der Waals surface area contributed by atoms with Crippen molar-refractivity contribution in [3.63, 3.8) is 0 Å². The van der Waals surface area contributed by atoms with Crippen LogP contribution in [-0.2, 0) is 20.2 Å². The van der Waals surface area contributed by atoms with Gasteiger partial charge in [0.25, 0.3) is 20.2 Å². The Morgan fingerprint density at radius 2 is 1.50 bits per heavy atom. The van der Waals surface area contributed by atoms with Crippen LogP contribution in [0.3, 0.4) is 0 Å². The molecule has 0 spiro atoms. The fourth-order valence-electron chi connectivity index (χ4n) is 2.68. The monoisotopic (exact) mass is 499 g/mol. The van der Waals surface area contributed by atoms with Gasteiger partial charge in [-0.05, 0) is 41.8 Å². The Bertz CT molecular complexity index is 1410. The van der Waals surface area contributed by atoms with Gasteiger partial charge >= 0.3 is 0 Å². The summed E-state index contributed by atoms with van der Waals surface area (Å²) >= 11 is 0. The van der Waals surface area contributed by atoms with Crippen LogP contribution in [0.5, 0.6) is 11.5 Å². The van der Waals surface area contributed by atoms with Gasteiger partial charge in [0.1, 0.15) is 26.9 Å². The van der Waals surface area contributed by atoms with Crippen LogP contribution < -0.4 is 10.5 Å². The first-order chi connectivity index (χ1) is 13.9.